The van der Waals surface area contributed by atoms with Crippen molar-refractivity contribution in [3.8, 4) is 11.8 Å². The van der Waals surface area contributed by atoms with E-state index >= 15 is 0 Å². The second-order valence-corrected chi connectivity index (χ2v) is 6.57. The Bertz CT molecular complexity index is 923. The molecule has 2 amide bonds. The third kappa shape index (κ3) is 4.21. The van der Waals surface area contributed by atoms with Gasteiger partial charge in [0.25, 0.3) is 0 Å². The van der Waals surface area contributed by atoms with E-state index in [-0.39, 0.29) is 24.8 Å². The molecule has 0 aliphatic carbocycles. The molecular formula is C20H18ClN3O3. The van der Waals surface area contributed by atoms with Gasteiger partial charge in [-0.3, -0.25) is 9.59 Å². The molecule has 7 heteroatoms. The number of ether oxygens (including phenoxy) is 1. The van der Waals surface area contributed by atoms with E-state index in [1.807, 2.05) is 13.0 Å². The summed E-state index contributed by atoms with van der Waals surface area (Å²) in [5.41, 5.74) is 1.51. The number of anilines is 2. The highest BCUT2D eigenvalue weighted by Crippen LogP contribution is 2.30. The molecule has 1 atom stereocenters. The quantitative estimate of drug-likeness (QED) is 0.855. The SMILES string of the molecule is CCOc1ccc(C#N)cc1NC(=O)C1CC(=O)N(c2cccc(Cl)c2)C1. The molecule has 1 saturated heterocycles. The summed E-state index contributed by atoms with van der Waals surface area (Å²) in [4.78, 5) is 26.6. The molecule has 0 radical (unpaired) electrons. The number of halogens is 1. The number of nitrogens with one attached hydrogen (secondary N) is 1. The van der Waals surface area contributed by atoms with E-state index < -0.39 is 5.92 Å². The fourth-order valence-electron chi connectivity index (χ4n) is 2.99. The minimum atomic E-state index is -0.503. The zero-order chi connectivity index (χ0) is 19.4. The smallest absolute Gasteiger partial charge is 0.229 e. The molecule has 1 heterocycles. The first-order chi connectivity index (χ1) is 13.0. The first kappa shape index (κ1) is 18.7. The van der Waals surface area contributed by atoms with Gasteiger partial charge in [-0.25, -0.2) is 0 Å². The number of benzene rings is 2. The molecule has 1 N–H and O–H groups in total. The Morgan fingerprint density at radius 3 is 2.89 bits per heavy atom. The normalized spacial score (nSPS) is 16.1. The highest BCUT2D eigenvalue weighted by molar-refractivity contribution is 6.31. The van der Waals surface area contributed by atoms with Crippen molar-refractivity contribution >= 4 is 34.8 Å². The maximum absolute atomic E-state index is 12.7. The van der Waals surface area contributed by atoms with Crippen molar-refractivity contribution in [1.29, 1.82) is 5.26 Å². The summed E-state index contributed by atoms with van der Waals surface area (Å²) < 4.78 is 5.51. The minimum Gasteiger partial charge on any atom is -0.492 e. The van der Waals surface area contributed by atoms with Crippen LogP contribution in [0.5, 0.6) is 5.75 Å². The highest BCUT2D eigenvalue weighted by atomic mass is 35.5. The molecule has 2 aromatic rings. The lowest BCUT2D eigenvalue weighted by Crippen LogP contribution is -2.28. The van der Waals surface area contributed by atoms with Crippen LogP contribution in [0.4, 0.5) is 11.4 Å². The maximum atomic E-state index is 12.7. The van der Waals surface area contributed by atoms with Gasteiger partial charge in [-0.15, -0.1) is 0 Å². The summed E-state index contributed by atoms with van der Waals surface area (Å²) in [5.74, 6) is -0.435. The molecule has 0 aromatic heterocycles. The van der Waals surface area contributed by atoms with Gasteiger partial charge >= 0.3 is 0 Å². The Hall–Kier alpha value is -3.04. The lowest BCUT2D eigenvalue weighted by atomic mass is 10.1. The monoisotopic (exact) mass is 383 g/mol. The molecule has 6 nitrogen and oxygen atoms in total. The Morgan fingerprint density at radius 2 is 2.19 bits per heavy atom. The van der Waals surface area contributed by atoms with Gasteiger partial charge in [0.2, 0.25) is 11.8 Å². The van der Waals surface area contributed by atoms with Gasteiger partial charge in [0.05, 0.1) is 29.8 Å². The Balaban J connectivity index is 1.76. The van der Waals surface area contributed by atoms with Crippen molar-refractivity contribution in [3.05, 3.63) is 53.1 Å². The fraction of sp³-hybridized carbons (Fsp3) is 0.250. The van der Waals surface area contributed by atoms with Crippen LogP contribution in [0.2, 0.25) is 5.02 Å². The van der Waals surface area contributed by atoms with Crippen molar-refractivity contribution in [2.45, 2.75) is 13.3 Å². The number of amides is 2. The fourth-order valence-corrected chi connectivity index (χ4v) is 3.17. The van der Waals surface area contributed by atoms with E-state index in [2.05, 4.69) is 5.32 Å². The lowest BCUT2D eigenvalue weighted by molar-refractivity contribution is -0.122. The third-order valence-electron chi connectivity index (χ3n) is 4.28. The van der Waals surface area contributed by atoms with E-state index in [1.165, 1.54) is 0 Å². The highest BCUT2D eigenvalue weighted by Gasteiger charge is 2.35. The molecule has 1 aliphatic heterocycles. The Kier molecular flexibility index (Phi) is 5.63. The predicted octanol–water partition coefficient (Wildman–Crippen LogP) is 3.60. The standard InChI is InChI=1S/C20H18ClN3O3/c1-2-27-18-7-6-13(11-22)8-17(18)23-20(26)14-9-19(25)24(12-14)16-5-3-4-15(21)10-16/h3-8,10,14H,2,9,12H2,1H3,(H,23,26). The number of carbonyl (C=O) groups is 2. The second kappa shape index (κ2) is 8.11. The van der Waals surface area contributed by atoms with E-state index in [1.54, 1.807) is 47.4 Å². The summed E-state index contributed by atoms with van der Waals surface area (Å²) in [5, 5.41) is 12.4. The molecule has 1 aliphatic rings. The van der Waals surface area contributed by atoms with Crippen molar-refractivity contribution in [2.75, 3.05) is 23.4 Å². The first-order valence-corrected chi connectivity index (χ1v) is 8.93. The molecule has 0 saturated carbocycles. The average Bonchev–Trinajstić information content (AvgIpc) is 3.05. The van der Waals surface area contributed by atoms with E-state index in [9.17, 15) is 9.59 Å². The Morgan fingerprint density at radius 1 is 1.37 bits per heavy atom. The van der Waals surface area contributed by atoms with Crippen LogP contribution in [0.1, 0.15) is 18.9 Å². The van der Waals surface area contributed by atoms with Crippen LogP contribution >= 0.6 is 11.6 Å². The zero-order valence-electron chi connectivity index (χ0n) is 14.7. The van der Waals surface area contributed by atoms with E-state index in [4.69, 9.17) is 21.6 Å². The summed E-state index contributed by atoms with van der Waals surface area (Å²) in [6.07, 6.45) is 0.111. The summed E-state index contributed by atoms with van der Waals surface area (Å²) >= 11 is 6.00. The van der Waals surface area contributed by atoms with Crippen LogP contribution in [0.25, 0.3) is 0 Å². The van der Waals surface area contributed by atoms with Crippen molar-refractivity contribution in [2.24, 2.45) is 5.92 Å². The van der Waals surface area contributed by atoms with Crippen molar-refractivity contribution < 1.29 is 14.3 Å². The number of hydrogen-bond acceptors (Lipinski definition) is 4. The van der Waals surface area contributed by atoms with Gasteiger partial charge in [0.15, 0.2) is 0 Å². The lowest BCUT2D eigenvalue weighted by Gasteiger charge is -2.17. The van der Waals surface area contributed by atoms with Gasteiger partial charge in [0.1, 0.15) is 5.75 Å². The van der Waals surface area contributed by atoms with Crippen LogP contribution in [0.15, 0.2) is 42.5 Å². The number of rotatable bonds is 5. The van der Waals surface area contributed by atoms with E-state index in [0.717, 1.165) is 0 Å². The molecule has 1 fully saturated rings. The van der Waals surface area contributed by atoms with Gasteiger partial charge in [-0.1, -0.05) is 17.7 Å². The third-order valence-corrected chi connectivity index (χ3v) is 4.52. The number of hydrogen-bond donors (Lipinski definition) is 1. The van der Waals surface area contributed by atoms with Gasteiger partial charge in [-0.05, 0) is 43.3 Å². The summed E-state index contributed by atoms with van der Waals surface area (Å²) in [7, 11) is 0. The molecule has 1 unspecified atom stereocenters. The molecule has 138 valence electrons. The maximum Gasteiger partial charge on any atom is 0.229 e. The summed E-state index contributed by atoms with van der Waals surface area (Å²) in [6, 6.07) is 13.9. The van der Waals surface area contributed by atoms with Crippen LogP contribution in [0, 0.1) is 17.2 Å². The second-order valence-electron chi connectivity index (χ2n) is 6.13. The molecule has 27 heavy (non-hydrogen) atoms. The minimum absolute atomic E-state index is 0.111. The molecule has 3 rings (SSSR count). The first-order valence-electron chi connectivity index (χ1n) is 8.55. The Labute approximate surface area is 162 Å². The van der Waals surface area contributed by atoms with Crippen LogP contribution in [-0.2, 0) is 9.59 Å². The van der Waals surface area contributed by atoms with Crippen LogP contribution < -0.4 is 15.0 Å². The summed E-state index contributed by atoms with van der Waals surface area (Å²) in [6.45, 7) is 2.54. The van der Waals surface area contributed by atoms with E-state index in [0.29, 0.717) is 34.3 Å². The van der Waals surface area contributed by atoms with Gasteiger partial charge in [-0.2, -0.15) is 5.26 Å². The number of nitrogens with zero attached hydrogens (tertiary/aromatic N) is 2. The molecule has 0 spiro atoms. The molecule has 2 aromatic carbocycles. The number of nitriles is 1. The topological polar surface area (TPSA) is 82.4 Å². The molecule has 0 bridgehead atoms. The predicted molar refractivity (Wildman–Crippen MR) is 103 cm³/mol. The van der Waals surface area contributed by atoms with Crippen molar-refractivity contribution in [3.63, 3.8) is 0 Å². The number of carbonyl (C=O) groups excluding carboxylic acids is 2. The molecular weight excluding hydrogens is 366 g/mol. The zero-order valence-corrected chi connectivity index (χ0v) is 15.5. The van der Waals surface area contributed by atoms with Gasteiger partial charge < -0.3 is 15.0 Å². The van der Waals surface area contributed by atoms with Gasteiger partial charge in [0, 0.05) is 23.7 Å². The average molecular weight is 384 g/mol. The largest absolute Gasteiger partial charge is 0.492 e. The van der Waals surface area contributed by atoms with Crippen LogP contribution in [-0.4, -0.2) is 25.0 Å². The van der Waals surface area contributed by atoms with Crippen LogP contribution in [0.3, 0.4) is 0 Å². The van der Waals surface area contributed by atoms with Crippen molar-refractivity contribution in [1.82, 2.24) is 0 Å².